The zero-order chi connectivity index (χ0) is 29.7. The molecule has 0 aromatic heterocycles. The lowest BCUT2D eigenvalue weighted by Crippen LogP contribution is -2.64. The summed E-state index contributed by atoms with van der Waals surface area (Å²) in [4.78, 5) is 12.3. The van der Waals surface area contributed by atoms with Crippen molar-refractivity contribution >= 4 is 12.0 Å². The van der Waals surface area contributed by atoms with Gasteiger partial charge in [0.15, 0.2) is 24.1 Å². The van der Waals surface area contributed by atoms with Crippen molar-refractivity contribution in [2.75, 3.05) is 6.61 Å². The highest BCUT2D eigenvalue weighted by molar-refractivity contribution is 5.87. The van der Waals surface area contributed by atoms with Crippen LogP contribution in [0.25, 0.3) is 6.08 Å². The van der Waals surface area contributed by atoms with Gasteiger partial charge >= 0.3 is 5.97 Å². The normalized spacial score (nSPS) is 34.0. The molecule has 2 aromatic rings. The van der Waals surface area contributed by atoms with Gasteiger partial charge in [-0.3, -0.25) is 0 Å². The van der Waals surface area contributed by atoms with Crippen LogP contribution in [0.3, 0.4) is 0 Å². The third-order valence-corrected chi connectivity index (χ3v) is 6.80. The van der Waals surface area contributed by atoms with Crippen LogP contribution in [0.15, 0.2) is 54.6 Å². The topological polar surface area (TPSA) is 205 Å². The molecule has 7 N–H and O–H groups in total. The Labute approximate surface area is 235 Å². The van der Waals surface area contributed by atoms with Crippen LogP contribution in [0.4, 0.5) is 0 Å². The summed E-state index contributed by atoms with van der Waals surface area (Å²) in [6.07, 6.45) is -12.1. The van der Waals surface area contributed by atoms with Crippen LogP contribution in [0.1, 0.15) is 18.1 Å². The second kappa shape index (κ2) is 13.7. The van der Waals surface area contributed by atoms with Gasteiger partial charge in [-0.2, -0.15) is 0 Å². The first-order valence-electron chi connectivity index (χ1n) is 12.9. The zero-order valence-electron chi connectivity index (χ0n) is 22.0. The number of aliphatic hydroxyl groups excluding tert-OH is 5. The van der Waals surface area contributed by atoms with Gasteiger partial charge in [0.2, 0.25) is 0 Å². The lowest BCUT2D eigenvalue weighted by atomic mass is 9.97. The third kappa shape index (κ3) is 7.60. The Hall–Kier alpha value is -3.11. The zero-order valence-corrected chi connectivity index (χ0v) is 22.0. The van der Waals surface area contributed by atoms with Crippen molar-refractivity contribution in [3.8, 4) is 11.5 Å². The molecule has 2 aromatic carbocycles. The summed E-state index contributed by atoms with van der Waals surface area (Å²) in [7, 11) is 0. The molecular weight excluding hydrogens is 544 g/mol. The number of esters is 1. The number of phenols is 2. The second-order valence-electron chi connectivity index (χ2n) is 9.81. The first-order chi connectivity index (χ1) is 19.5. The summed E-state index contributed by atoms with van der Waals surface area (Å²) in [5.74, 6) is -1.51. The fourth-order valence-corrected chi connectivity index (χ4v) is 4.39. The highest BCUT2D eigenvalue weighted by Gasteiger charge is 2.50. The van der Waals surface area contributed by atoms with E-state index < -0.39 is 74.0 Å². The van der Waals surface area contributed by atoms with E-state index in [2.05, 4.69) is 0 Å². The average molecular weight is 579 g/mol. The van der Waals surface area contributed by atoms with Gasteiger partial charge in [-0.1, -0.05) is 36.4 Å². The molecular formula is C28H34O13. The number of hydrogen-bond acceptors (Lipinski definition) is 13. The number of benzene rings is 2. The number of ether oxygens (including phenoxy) is 5. The highest BCUT2D eigenvalue weighted by Crippen LogP contribution is 2.30. The standard InChI is InChI=1S/C28H34O13/c1-14-21(32)23(34)24(35)28(39-14)41-26-22(33)19(40-27(25(26)36)38-12-16-5-3-2-4-6-16)13-37-20(31)10-8-15-7-9-17(29)18(30)11-15/h2-11,14,19,21-30,32-36H,12-13H2,1H3. The molecule has 2 aliphatic heterocycles. The maximum atomic E-state index is 12.3. The van der Waals surface area contributed by atoms with E-state index in [1.165, 1.54) is 31.2 Å². The number of carbonyl (C=O) groups excluding carboxylic acids is 1. The lowest BCUT2D eigenvalue weighted by molar-refractivity contribution is -0.358. The molecule has 2 fully saturated rings. The summed E-state index contributed by atoms with van der Waals surface area (Å²) in [5.41, 5.74) is 1.17. The molecule has 10 atom stereocenters. The van der Waals surface area contributed by atoms with E-state index >= 15 is 0 Å². The SMILES string of the molecule is CC1OC(OC2C(O)C(COC(=O)C=Cc3ccc(O)c(O)c3)OC(OCc3ccccc3)C2O)C(O)C(O)C1O. The molecule has 41 heavy (non-hydrogen) atoms. The minimum Gasteiger partial charge on any atom is -0.504 e. The number of aromatic hydroxyl groups is 2. The Morgan fingerprint density at radius 3 is 2.29 bits per heavy atom. The van der Waals surface area contributed by atoms with Gasteiger partial charge in [0.25, 0.3) is 0 Å². The minimum atomic E-state index is -1.70. The van der Waals surface area contributed by atoms with Gasteiger partial charge < -0.3 is 59.4 Å². The van der Waals surface area contributed by atoms with Crippen LogP contribution in [0.5, 0.6) is 11.5 Å². The minimum absolute atomic E-state index is 0.0184. The molecule has 0 spiro atoms. The van der Waals surface area contributed by atoms with Crippen LogP contribution in [0, 0.1) is 0 Å². The Bertz CT molecular complexity index is 1170. The largest absolute Gasteiger partial charge is 0.504 e. The van der Waals surface area contributed by atoms with E-state index in [-0.39, 0.29) is 18.1 Å². The first kappa shape index (κ1) is 30.8. The van der Waals surface area contributed by atoms with Crippen LogP contribution in [-0.4, -0.2) is 110 Å². The summed E-state index contributed by atoms with van der Waals surface area (Å²) in [6, 6.07) is 12.9. The number of rotatable bonds is 9. The molecule has 0 amide bonds. The van der Waals surface area contributed by atoms with E-state index in [4.69, 9.17) is 23.7 Å². The summed E-state index contributed by atoms with van der Waals surface area (Å²) in [6.45, 7) is 0.980. The number of carbonyl (C=O) groups is 1. The summed E-state index contributed by atoms with van der Waals surface area (Å²) in [5, 5.41) is 71.5. The Morgan fingerprint density at radius 2 is 1.59 bits per heavy atom. The van der Waals surface area contributed by atoms with Crippen LogP contribution in [-0.2, 0) is 35.1 Å². The molecule has 2 aliphatic rings. The predicted molar refractivity (Wildman–Crippen MR) is 139 cm³/mol. The van der Waals surface area contributed by atoms with Crippen molar-refractivity contribution in [3.63, 3.8) is 0 Å². The van der Waals surface area contributed by atoms with Crippen LogP contribution in [0.2, 0.25) is 0 Å². The van der Waals surface area contributed by atoms with Crippen molar-refractivity contribution in [2.45, 2.75) is 74.9 Å². The van der Waals surface area contributed by atoms with E-state index in [1.54, 1.807) is 24.3 Å². The average Bonchev–Trinajstić information content (AvgIpc) is 2.96. The number of aliphatic hydroxyl groups is 5. The summed E-state index contributed by atoms with van der Waals surface area (Å²) < 4.78 is 27.8. The highest BCUT2D eigenvalue weighted by atomic mass is 16.7. The van der Waals surface area contributed by atoms with Crippen molar-refractivity contribution in [1.82, 2.24) is 0 Å². The van der Waals surface area contributed by atoms with Crippen LogP contribution >= 0.6 is 0 Å². The van der Waals surface area contributed by atoms with E-state index in [0.29, 0.717) is 5.56 Å². The van der Waals surface area contributed by atoms with Gasteiger partial charge in [-0.15, -0.1) is 0 Å². The Balaban J connectivity index is 1.45. The lowest BCUT2D eigenvalue weighted by Gasteiger charge is -2.45. The molecule has 2 heterocycles. The quantitative estimate of drug-likeness (QED) is 0.114. The molecule has 224 valence electrons. The fraction of sp³-hybridized carbons (Fsp3) is 0.464. The van der Waals surface area contributed by atoms with Crippen molar-refractivity contribution in [2.24, 2.45) is 0 Å². The molecule has 2 saturated heterocycles. The first-order valence-corrected chi connectivity index (χ1v) is 12.9. The molecule has 0 saturated carbocycles. The third-order valence-electron chi connectivity index (χ3n) is 6.80. The molecule has 0 aliphatic carbocycles. The molecule has 0 radical (unpaired) electrons. The monoisotopic (exact) mass is 578 g/mol. The number of hydrogen-bond donors (Lipinski definition) is 7. The Kier molecular flexibility index (Phi) is 10.3. The van der Waals surface area contributed by atoms with Crippen molar-refractivity contribution in [1.29, 1.82) is 0 Å². The van der Waals surface area contributed by atoms with E-state index in [1.807, 2.05) is 6.07 Å². The van der Waals surface area contributed by atoms with E-state index in [0.717, 1.165) is 11.6 Å². The summed E-state index contributed by atoms with van der Waals surface area (Å²) >= 11 is 0. The van der Waals surface area contributed by atoms with Gasteiger partial charge in [0.1, 0.15) is 49.3 Å². The van der Waals surface area contributed by atoms with Crippen molar-refractivity contribution < 1.29 is 64.2 Å². The van der Waals surface area contributed by atoms with Gasteiger partial charge in [-0.25, -0.2) is 4.79 Å². The number of phenolic OH excluding ortho intramolecular Hbond substituents is 2. The Morgan fingerprint density at radius 1 is 0.854 bits per heavy atom. The van der Waals surface area contributed by atoms with Crippen molar-refractivity contribution in [3.05, 3.63) is 65.7 Å². The van der Waals surface area contributed by atoms with Gasteiger partial charge in [-0.05, 0) is 36.3 Å². The molecule has 10 unspecified atom stereocenters. The molecule has 13 heteroatoms. The molecule has 13 nitrogen and oxygen atoms in total. The predicted octanol–water partition coefficient (Wildman–Crippen LogP) is -0.470. The van der Waals surface area contributed by atoms with Gasteiger partial charge in [0.05, 0.1) is 12.7 Å². The fourth-order valence-electron chi connectivity index (χ4n) is 4.39. The second-order valence-corrected chi connectivity index (χ2v) is 9.81. The van der Waals surface area contributed by atoms with E-state index in [9.17, 15) is 40.5 Å². The molecule has 4 rings (SSSR count). The smallest absolute Gasteiger partial charge is 0.330 e. The molecule has 0 bridgehead atoms. The maximum absolute atomic E-state index is 12.3. The van der Waals surface area contributed by atoms with Gasteiger partial charge in [0, 0.05) is 6.08 Å². The van der Waals surface area contributed by atoms with Crippen LogP contribution < -0.4 is 0 Å². The maximum Gasteiger partial charge on any atom is 0.330 e.